The van der Waals surface area contributed by atoms with Crippen molar-refractivity contribution in [2.75, 3.05) is 0 Å². The average Bonchev–Trinajstić information content (AvgIpc) is 3.41. The number of hydrogen-bond acceptors (Lipinski definition) is 5. The van der Waals surface area contributed by atoms with Crippen LogP contribution in [-0.4, -0.2) is 38.6 Å². The van der Waals surface area contributed by atoms with Gasteiger partial charge in [0.05, 0.1) is 29.4 Å². The van der Waals surface area contributed by atoms with Crippen LogP contribution in [0.3, 0.4) is 0 Å². The fourth-order valence-corrected chi connectivity index (χ4v) is 9.39. The molecule has 4 aliphatic rings. The minimum absolute atomic E-state index is 0.0103. The number of rotatable bonds is 8. The Balaban J connectivity index is 1.31. The van der Waals surface area contributed by atoms with Gasteiger partial charge in [-0.2, -0.15) is 0 Å². The lowest BCUT2D eigenvalue weighted by atomic mass is 9.57. The summed E-state index contributed by atoms with van der Waals surface area (Å²) in [5.74, 6) is 1.11. The summed E-state index contributed by atoms with van der Waals surface area (Å²) in [4.78, 5) is 4.90. The van der Waals surface area contributed by atoms with Crippen LogP contribution in [0.2, 0.25) is 0 Å². The van der Waals surface area contributed by atoms with Gasteiger partial charge in [-0.25, -0.2) is 4.98 Å². The van der Waals surface area contributed by atoms with Gasteiger partial charge >= 0.3 is 0 Å². The molecule has 0 amide bonds. The second kappa shape index (κ2) is 11.0. The summed E-state index contributed by atoms with van der Waals surface area (Å²) in [7, 11) is 0. The standard InChI is InChI=1S/C34H49NO3S/c1-6-8-25-21-39-31(35-25)34(17-18-34)30(38)14-16-32(3,4)29-13-12-27-23(9-7-15-33(27,29)5)10-11-24-19-26(36)20-28(37)22(24)2/h10-11,14,16,21,26-30,36-38H,2,6-9,12-13,15,17-20H2,1,3-5H3/t26-,27+,28+,29-,30-,33+/m1/s1. The molecule has 214 valence electrons. The van der Waals surface area contributed by atoms with Crippen LogP contribution in [0.1, 0.15) is 103 Å². The number of hydrogen-bond donors (Lipinski definition) is 3. The largest absolute Gasteiger partial charge is 0.393 e. The lowest BCUT2D eigenvalue weighted by Gasteiger charge is -2.47. The first-order valence-corrected chi connectivity index (χ1v) is 16.2. The zero-order valence-electron chi connectivity index (χ0n) is 24.5. The summed E-state index contributed by atoms with van der Waals surface area (Å²) in [6.07, 6.45) is 18.3. The van der Waals surface area contributed by atoms with Gasteiger partial charge in [0, 0.05) is 11.8 Å². The zero-order valence-corrected chi connectivity index (χ0v) is 25.3. The predicted octanol–water partition coefficient (Wildman–Crippen LogP) is 7.21. The number of nitrogens with zero attached hydrogens (tertiary/aromatic N) is 1. The first-order valence-electron chi connectivity index (χ1n) is 15.3. The van der Waals surface area contributed by atoms with E-state index in [4.69, 9.17) is 4.98 Å². The van der Waals surface area contributed by atoms with Gasteiger partial charge in [0.2, 0.25) is 0 Å². The Morgan fingerprint density at radius 3 is 2.69 bits per heavy atom. The van der Waals surface area contributed by atoms with Gasteiger partial charge < -0.3 is 15.3 Å². The minimum atomic E-state index is -0.641. The van der Waals surface area contributed by atoms with E-state index in [1.54, 1.807) is 11.3 Å². The molecule has 0 unspecified atom stereocenters. The number of thiazole rings is 1. The van der Waals surface area contributed by atoms with Crippen LogP contribution in [0, 0.1) is 22.7 Å². The van der Waals surface area contributed by atoms with E-state index in [0.717, 1.165) is 48.3 Å². The third-order valence-electron chi connectivity index (χ3n) is 10.7. The molecule has 0 bridgehead atoms. The average molecular weight is 552 g/mol. The van der Waals surface area contributed by atoms with Crippen LogP contribution >= 0.6 is 11.3 Å². The zero-order chi connectivity index (χ0) is 28.0. The van der Waals surface area contributed by atoms with Crippen molar-refractivity contribution in [2.24, 2.45) is 22.7 Å². The molecule has 6 atom stereocenters. The van der Waals surface area contributed by atoms with Crippen LogP contribution in [0.25, 0.3) is 0 Å². The number of aromatic nitrogens is 1. The highest BCUT2D eigenvalue weighted by atomic mass is 32.1. The molecule has 5 rings (SSSR count). The topological polar surface area (TPSA) is 73.6 Å². The van der Waals surface area contributed by atoms with E-state index < -0.39 is 18.3 Å². The Morgan fingerprint density at radius 2 is 1.97 bits per heavy atom. The Kier molecular flexibility index (Phi) is 8.20. The van der Waals surface area contributed by atoms with Crippen molar-refractivity contribution < 1.29 is 15.3 Å². The molecule has 0 aromatic carbocycles. The summed E-state index contributed by atoms with van der Waals surface area (Å²) >= 11 is 1.73. The molecule has 1 aromatic heterocycles. The summed E-state index contributed by atoms with van der Waals surface area (Å²) < 4.78 is 0. The number of allylic oxidation sites excluding steroid dienone is 4. The Labute approximate surface area is 239 Å². The monoisotopic (exact) mass is 551 g/mol. The summed E-state index contributed by atoms with van der Waals surface area (Å²) in [5.41, 5.74) is 4.48. The summed E-state index contributed by atoms with van der Waals surface area (Å²) in [5, 5.41) is 35.1. The van der Waals surface area contributed by atoms with Gasteiger partial charge in [0.25, 0.3) is 0 Å². The first-order chi connectivity index (χ1) is 18.5. The van der Waals surface area contributed by atoms with Crippen molar-refractivity contribution in [3.8, 4) is 0 Å². The van der Waals surface area contributed by atoms with Crippen molar-refractivity contribution in [1.29, 1.82) is 0 Å². The van der Waals surface area contributed by atoms with Crippen molar-refractivity contribution >= 4 is 11.3 Å². The highest BCUT2D eigenvalue weighted by Gasteiger charge is 2.54. The molecule has 39 heavy (non-hydrogen) atoms. The predicted molar refractivity (Wildman–Crippen MR) is 161 cm³/mol. The first kappa shape index (κ1) is 29.0. The molecule has 4 fully saturated rings. The van der Waals surface area contributed by atoms with Crippen molar-refractivity contribution in [3.05, 3.63) is 63.7 Å². The maximum absolute atomic E-state index is 11.4. The Bertz CT molecular complexity index is 1150. The molecule has 0 radical (unpaired) electrons. The number of aliphatic hydroxyl groups is 3. The van der Waals surface area contributed by atoms with Crippen LogP contribution in [0.5, 0.6) is 0 Å². The van der Waals surface area contributed by atoms with Crippen LogP contribution in [0.4, 0.5) is 0 Å². The van der Waals surface area contributed by atoms with Crippen molar-refractivity contribution in [1.82, 2.24) is 4.98 Å². The number of aryl methyl sites for hydroxylation is 1. The lowest BCUT2D eigenvalue weighted by molar-refractivity contribution is 0.0706. The maximum Gasteiger partial charge on any atom is 0.102 e. The second-order valence-corrected chi connectivity index (χ2v) is 14.6. The molecule has 3 N–H and O–H groups in total. The molecule has 0 saturated heterocycles. The van der Waals surface area contributed by atoms with E-state index in [9.17, 15) is 15.3 Å². The second-order valence-electron chi connectivity index (χ2n) is 13.8. The van der Waals surface area contributed by atoms with Gasteiger partial charge in [-0.3, -0.25) is 0 Å². The SMILES string of the molecule is C=C1C(=CC=C2CCC[C@]3(C)[C@@H](C(C)(C)C=C[C@@H](O)C4(c5nc(CCC)cs5)CC4)CC[C@@H]23)C[C@@H](O)C[C@@H]1O. The molecule has 5 heteroatoms. The molecule has 4 saturated carbocycles. The molecule has 0 spiro atoms. The van der Waals surface area contributed by atoms with Crippen LogP contribution in [-0.2, 0) is 11.8 Å². The highest BCUT2D eigenvalue weighted by Crippen LogP contribution is 2.62. The summed E-state index contributed by atoms with van der Waals surface area (Å²) in [6.45, 7) is 13.5. The fourth-order valence-electron chi connectivity index (χ4n) is 8.24. The van der Waals surface area contributed by atoms with Gasteiger partial charge in [-0.05, 0) is 91.6 Å². The number of fused-ring (bicyclic) bond motifs is 1. The molecule has 0 aliphatic heterocycles. The van der Waals surface area contributed by atoms with Crippen molar-refractivity contribution in [2.45, 2.75) is 122 Å². The van der Waals surface area contributed by atoms with E-state index in [1.165, 1.54) is 37.0 Å². The highest BCUT2D eigenvalue weighted by molar-refractivity contribution is 7.09. The van der Waals surface area contributed by atoms with E-state index in [-0.39, 0.29) is 16.2 Å². The van der Waals surface area contributed by atoms with Crippen LogP contribution in [0.15, 0.2) is 53.0 Å². The van der Waals surface area contributed by atoms with Crippen LogP contribution < -0.4 is 0 Å². The fraction of sp³-hybridized carbons (Fsp3) is 0.676. The minimum Gasteiger partial charge on any atom is -0.393 e. The Morgan fingerprint density at radius 1 is 1.21 bits per heavy atom. The normalized spacial score (nSPS) is 35.6. The van der Waals surface area contributed by atoms with Gasteiger partial charge in [-0.1, -0.05) is 70.6 Å². The Hall–Kier alpha value is -1.53. The molecular weight excluding hydrogens is 502 g/mol. The third-order valence-corrected chi connectivity index (χ3v) is 11.8. The van der Waals surface area contributed by atoms with E-state index in [0.29, 0.717) is 24.7 Å². The van der Waals surface area contributed by atoms with Gasteiger partial charge in [0.1, 0.15) is 5.01 Å². The van der Waals surface area contributed by atoms with E-state index >= 15 is 0 Å². The molecule has 1 heterocycles. The smallest absolute Gasteiger partial charge is 0.102 e. The van der Waals surface area contributed by atoms with E-state index in [1.807, 2.05) is 0 Å². The molecular formula is C34H49NO3S. The third kappa shape index (κ3) is 5.54. The molecule has 4 nitrogen and oxygen atoms in total. The van der Waals surface area contributed by atoms with E-state index in [2.05, 4.69) is 64.0 Å². The molecule has 1 aromatic rings. The quantitative estimate of drug-likeness (QED) is 0.299. The molecule has 4 aliphatic carbocycles. The summed E-state index contributed by atoms with van der Waals surface area (Å²) in [6, 6.07) is 0. The van der Waals surface area contributed by atoms with Gasteiger partial charge in [-0.15, -0.1) is 11.3 Å². The van der Waals surface area contributed by atoms with Gasteiger partial charge in [0.15, 0.2) is 0 Å². The number of aliphatic hydroxyl groups excluding tert-OH is 3. The maximum atomic E-state index is 11.4. The lowest BCUT2D eigenvalue weighted by Crippen LogP contribution is -2.39. The van der Waals surface area contributed by atoms with Crippen molar-refractivity contribution in [3.63, 3.8) is 0 Å².